The average Bonchev–Trinajstić information content (AvgIpc) is 2.77. The SMILES string of the molecule is Cc1ccc(S(=O)(=O)c2ccc(NNC(=O)[C@@H]3COc4ccccc4O3)cc2)cc1. The lowest BCUT2D eigenvalue weighted by atomic mass is 10.2. The van der Waals surface area contributed by atoms with Gasteiger partial charge in [-0.25, -0.2) is 8.42 Å². The number of carbonyl (C=O) groups is 1. The van der Waals surface area contributed by atoms with Gasteiger partial charge in [0.25, 0.3) is 5.91 Å². The standard InChI is InChI=1S/C22H20N2O5S/c1-15-6-10-17(11-7-15)30(26,27)18-12-8-16(9-13-18)23-24-22(25)21-14-28-19-4-2-3-5-20(19)29-21/h2-13,21,23H,14H2,1H3,(H,24,25)/t21-/m0/s1. The molecule has 0 saturated carbocycles. The highest BCUT2D eigenvalue weighted by atomic mass is 32.2. The van der Waals surface area contributed by atoms with Gasteiger partial charge in [0.2, 0.25) is 15.9 Å². The van der Waals surface area contributed by atoms with Crippen LogP contribution in [-0.4, -0.2) is 27.0 Å². The Labute approximate surface area is 174 Å². The van der Waals surface area contributed by atoms with E-state index < -0.39 is 21.8 Å². The maximum absolute atomic E-state index is 12.7. The van der Waals surface area contributed by atoms with Crippen LogP contribution in [0.15, 0.2) is 82.6 Å². The number of rotatable bonds is 5. The maximum atomic E-state index is 12.7. The number of ether oxygens (including phenoxy) is 2. The smallest absolute Gasteiger partial charge is 0.282 e. The van der Waals surface area contributed by atoms with Gasteiger partial charge in [0.15, 0.2) is 11.5 Å². The summed E-state index contributed by atoms with van der Waals surface area (Å²) in [5.74, 6) is 0.704. The van der Waals surface area contributed by atoms with Gasteiger partial charge >= 0.3 is 0 Å². The molecular weight excluding hydrogens is 404 g/mol. The van der Waals surface area contributed by atoms with E-state index in [1.54, 1.807) is 54.6 Å². The summed E-state index contributed by atoms with van der Waals surface area (Å²) in [6, 6.07) is 19.9. The molecular formula is C22H20N2O5S. The zero-order valence-electron chi connectivity index (χ0n) is 16.2. The third-order valence-electron chi connectivity index (χ3n) is 4.63. The Morgan fingerprint density at radius 1 is 0.900 bits per heavy atom. The molecule has 3 aromatic carbocycles. The summed E-state index contributed by atoms with van der Waals surface area (Å²) in [7, 11) is -3.60. The number of hydrogen-bond donors (Lipinski definition) is 2. The molecule has 0 saturated heterocycles. The Morgan fingerprint density at radius 2 is 1.50 bits per heavy atom. The van der Waals surface area contributed by atoms with Crippen LogP contribution < -0.4 is 20.3 Å². The van der Waals surface area contributed by atoms with Crippen LogP contribution in [-0.2, 0) is 14.6 Å². The highest BCUT2D eigenvalue weighted by molar-refractivity contribution is 7.91. The summed E-state index contributed by atoms with van der Waals surface area (Å²) in [5.41, 5.74) is 6.83. The second-order valence-corrected chi connectivity index (χ2v) is 8.77. The van der Waals surface area contributed by atoms with E-state index >= 15 is 0 Å². The van der Waals surface area contributed by atoms with Crippen LogP contribution in [0.5, 0.6) is 11.5 Å². The van der Waals surface area contributed by atoms with Crippen molar-refractivity contribution in [3.05, 3.63) is 78.4 Å². The van der Waals surface area contributed by atoms with Crippen molar-refractivity contribution < 1.29 is 22.7 Å². The summed E-state index contributed by atoms with van der Waals surface area (Å²) in [6.07, 6.45) is -0.798. The van der Waals surface area contributed by atoms with Crippen molar-refractivity contribution >= 4 is 21.4 Å². The summed E-state index contributed by atoms with van der Waals surface area (Å²) >= 11 is 0. The molecule has 3 aromatic rings. The van der Waals surface area contributed by atoms with Gasteiger partial charge in [-0.3, -0.25) is 15.6 Å². The van der Waals surface area contributed by atoms with Gasteiger partial charge in [-0.05, 0) is 55.5 Å². The Bertz CT molecular complexity index is 1160. The quantitative estimate of drug-likeness (QED) is 0.612. The molecule has 0 fully saturated rings. The van der Waals surface area contributed by atoms with Crippen LogP contribution in [0.2, 0.25) is 0 Å². The first-order valence-electron chi connectivity index (χ1n) is 9.30. The van der Waals surface area contributed by atoms with E-state index in [1.165, 1.54) is 12.1 Å². The van der Waals surface area contributed by atoms with Crippen molar-refractivity contribution in [2.75, 3.05) is 12.0 Å². The van der Waals surface area contributed by atoms with E-state index in [0.717, 1.165) is 5.56 Å². The molecule has 7 nitrogen and oxygen atoms in total. The van der Waals surface area contributed by atoms with Crippen molar-refractivity contribution in [1.29, 1.82) is 0 Å². The monoisotopic (exact) mass is 424 g/mol. The molecule has 1 aliphatic heterocycles. The largest absolute Gasteiger partial charge is 0.485 e. The van der Waals surface area contributed by atoms with E-state index in [4.69, 9.17) is 9.47 Å². The van der Waals surface area contributed by atoms with Crippen LogP contribution >= 0.6 is 0 Å². The van der Waals surface area contributed by atoms with Gasteiger partial charge in [-0.1, -0.05) is 29.8 Å². The normalized spacial score (nSPS) is 15.3. The number of nitrogens with one attached hydrogen (secondary N) is 2. The zero-order valence-corrected chi connectivity index (χ0v) is 17.0. The Balaban J connectivity index is 1.38. The van der Waals surface area contributed by atoms with Gasteiger partial charge in [0.1, 0.15) is 6.61 Å². The molecule has 1 aliphatic rings. The fourth-order valence-corrected chi connectivity index (χ4v) is 4.19. The molecule has 154 valence electrons. The highest BCUT2D eigenvalue weighted by Crippen LogP contribution is 2.30. The minimum Gasteiger partial charge on any atom is -0.485 e. The first kappa shape index (κ1) is 19.8. The maximum Gasteiger partial charge on any atom is 0.282 e. The van der Waals surface area contributed by atoms with Gasteiger partial charge < -0.3 is 9.47 Å². The first-order valence-corrected chi connectivity index (χ1v) is 10.8. The van der Waals surface area contributed by atoms with Gasteiger partial charge in [0.05, 0.1) is 15.5 Å². The number of hydrogen-bond acceptors (Lipinski definition) is 6. The molecule has 0 bridgehead atoms. The number of para-hydroxylation sites is 2. The van der Waals surface area contributed by atoms with Crippen molar-refractivity contribution in [1.82, 2.24) is 5.43 Å². The predicted molar refractivity (Wildman–Crippen MR) is 111 cm³/mol. The van der Waals surface area contributed by atoms with Crippen LogP contribution in [0.3, 0.4) is 0 Å². The summed E-state index contributed by atoms with van der Waals surface area (Å²) in [4.78, 5) is 12.7. The zero-order chi connectivity index (χ0) is 21.1. The Hall–Kier alpha value is -3.52. The number of amides is 1. The minimum atomic E-state index is -3.60. The van der Waals surface area contributed by atoms with E-state index in [1.807, 2.05) is 13.0 Å². The second kappa shape index (κ2) is 8.08. The number of hydrazine groups is 1. The van der Waals surface area contributed by atoms with Crippen LogP contribution in [0.25, 0.3) is 0 Å². The molecule has 2 N–H and O–H groups in total. The lowest BCUT2D eigenvalue weighted by molar-refractivity contribution is -0.129. The molecule has 0 unspecified atom stereocenters. The molecule has 1 atom stereocenters. The number of anilines is 1. The predicted octanol–water partition coefficient (Wildman–Crippen LogP) is 3.11. The third-order valence-corrected chi connectivity index (χ3v) is 6.41. The fourth-order valence-electron chi connectivity index (χ4n) is 2.93. The van der Waals surface area contributed by atoms with Crippen LogP contribution in [0, 0.1) is 6.92 Å². The number of fused-ring (bicyclic) bond motifs is 1. The number of aryl methyl sites for hydroxylation is 1. The first-order chi connectivity index (χ1) is 14.4. The van der Waals surface area contributed by atoms with Crippen molar-refractivity contribution in [3.63, 3.8) is 0 Å². The van der Waals surface area contributed by atoms with Crippen molar-refractivity contribution in [2.24, 2.45) is 0 Å². The summed E-state index contributed by atoms with van der Waals surface area (Å²) in [6.45, 7) is 1.99. The molecule has 8 heteroatoms. The average molecular weight is 424 g/mol. The molecule has 4 rings (SSSR count). The summed E-state index contributed by atoms with van der Waals surface area (Å²) in [5, 5.41) is 0. The number of benzene rings is 3. The Kier molecular flexibility index (Phi) is 5.33. The van der Waals surface area contributed by atoms with Gasteiger partial charge in [0, 0.05) is 0 Å². The molecule has 0 aliphatic carbocycles. The summed E-state index contributed by atoms with van der Waals surface area (Å²) < 4.78 is 36.6. The van der Waals surface area contributed by atoms with E-state index in [0.29, 0.717) is 17.2 Å². The molecule has 0 radical (unpaired) electrons. The lowest BCUT2D eigenvalue weighted by Gasteiger charge is -2.25. The minimum absolute atomic E-state index is 0.0955. The van der Waals surface area contributed by atoms with E-state index in [9.17, 15) is 13.2 Å². The number of carbonyl (C=O) groups excluding carboxylic acids is 1. The third kappa shape index (κ3) is 4.08. The van der Waals surface area contributed by atoms with E-state index in [2.05, 4.69) is 10.9 Å². The van der Waals surface area contributed by atoms with Crippen molar-refractivity contribution in [3.8, 4) is 11.5 Å². The van der Waals surface area contributed by atoms with Crippen LogP contribution in [0.4, 0.5) is 5.69 Å². The van der Waals surface area contributed by atoms with Gasteiger partial charge in [-0.2, -0.15) is 0 Å². The fraction of sp³-hybridized carbons (Fsp3) is 0.136. The van der Waals surface area contributed by atoms with E-state index in [-0.39, 0.29) is 16.4 Å². The lowest BCUT2D eigenvalue weighted by Crippen LogP contribution is -2.45. The highest BCUT2D eigenvalue weighted by Gasteiger charge is 2.27. The molecule has 30 heavy (non-hydrogen) atoms. The molecule has 1 heterocycles. The molecule has 0 spiro atoms. The number of sulfone groups is 1. The molecule has 0 aromatic heterocycles. The van der Waals surface area contributed by atoms with Crippen molar-refractivity contribution in [2.45, 2.75) is 22.8 Å². The molecule has 1 amide bonds. The second-order valence-electron chi connectivity index (χ2n) is 6.82. The van der Waals surface area contributed by atoms with Crippen LogP contribution in [0.1, 0.15) is 5.56 Å². The Morgan fingerprint density at radius 3 is 2.17 bits per heavy atom. The topological polar surface area (TPSA) is 93.7 Å². The van der Waals surface area contributed by atoms with Gasteiger partial charge in [-0.15, -0.1) is 0 Å².